The number of fused-ring (bicyclic) bond motifs is 3. The van der Waals surface area contributed by atoms with Gasteiger partial charge in [0.2, 0.25) is 0 Å². The smallest absolute Gasteiger partial charge is 0.392 e. The van der Waals surface area contributed by atoms with Crippen molar-refractivity contribution in [3.8, 4) is 22.9 Å². The van der Waals surface area contributed by atoms with E-state index in [1.54, 1.807) is 36.7 Å². The Morgan fingerprint density at radius 2 is 1.38 bits per heavy atom. The van der Waals surface area contributed by atoms with Gasteiger partial charge in [-0.25, -0.2) is 4.79 Å². The molecule has 0 spiro atoms. The molecule has 0 fully saturated rings. The molecule has 0 unspecified atom stereocenters. The Labute approximate surface area is 90.7 Å². The second-order valence-electron chi connectivity index (χ2n) is 3.15. The summed E-state index contributed by atoms with van der Waals surface area (Å²) in [4.78, 5) is 19.6. The average molecular weight is 214 g/mol. The summed E-state index contributed by atoms with van der Waals surface area (Å²) in [5, 5.41) is 0. The van der Waals surface area contributed by atoms with E-state index in [1.807, 2.05) is 0 Å². The maximum absolute atomic E-state index is 11.3. The fraction of sp³-hybridized carbons (Fsp3) is 0. The number of nitrogens with zero attached hydrogens (tertiary/aromatic N) is 2. The molecule has 2 aromatic rings. The summed E-state index contributed by atoms with van der Waals surface area (Å²) < 4.78 is 9.95. The monoisotopic (exact) mass is 214 g/mol. The summed E-state index contributed by atoms with van der Waals surface area (Å²) in [6, 6.07) is 6.65. The zero-order chi connectivity index (χ0) is 11.0. The first-order chi connectivity index (χ1) is 7.84. The fourth-order valence-corrected chi connectivity index (χ4v) is 1.50. The third-order valence-electron chi connectivity index (χ3n) is 2.15. The van der Waals surface area contributed by atoms with Crippen molar-refractivity contribution in [1.82, 2.24) is 9.97 Å². The Morgan fingerprint density at radius 3 is 1.88 bits per heavy atom. The second kappa shape index (κ2) is 3.30. The van der Waals surface area contributed by atoms with Gasteiger partial charge in [-0.15, -0.1) is 0 Å². The number of ether oxygens (including phenoxy) is 2. The van der Waals surface area contributed by atoms with Gasteiger partial charge in [-0.3, -0.25) is 9.97 Å². The highest BCUT2D eigenvalue weighted by Crippen LogP contribution is 2.35. The van der Waals surface area contributed by atoms with Crippen LogP contribution in [0.3, 0.4) is 0 Å². The molecule has 0 atom stereocenters. The molecule has 0 bridgehead atoms. The lowest BCUT2D eigenvalue weighted by atomic mass is 10.2. The molecule has 0 aromatic carbocycles. The minimum Gasteiger partial charge on any atom is -0.392 e. The summed E-state index contributed by atoms with van der Waals surface area (Å²) in [6.07, 6.45) is 2.44. The second-order valence-corrected chi connectivity index (χ2v) is 3.15. The zero-order valence-corrected chi connectivity index (χ0v) is 8.08. The number of carbonyl (C=O) groups is 1. The fourth-order valence-electron chi connectivity index (χ4n) is 1.50. The van der Waals surface area contributed by atoms with Crippen LogP contribution in [0.15, 0.2) is 36.7 Å². The Bertz CT molecular complexity index is 519. The number of carbonyl (C=O) groups excluding carboxylic acids is 1. The van der Waals surface area contributed by atoms with Crippen molar-refractivity contribution in [1.29, 1.82) is 0 Å². The predicted molar refractivity (Wildman–Crippen MR) is 54.1 cm³/mol. The lowest BCUT2D eigenvalue weighted by Gasteiger charge is -2.01. The molecule has 5 nitrogen and oxygen atoms in total. The molecule has 0 saturated heterocycles. The van der Waals surface area contributed by atoms with E-state index in [0.717, 1.165) is 0 Å². The van der Waals surface area contributed by atoms with Crippen molar-refractivity contribution in [2.45, 2.75) is 0 Å². The first kappa shape index (κ1) is 8.84. The van der Waals surface area contributed by atoms with Crippen molar-refractivity contribution in [2.24, 2.45) is 0 Å². The van der Waals surface area contributed by atoms with Gasteiger partial charge in [0.15, 0.2) is 11.5 Å². The predicted octanol–water partition coefficient (Wildman–Crippen LogP) is 2.03. The summed E-state index contributed by atoms with van der Waals surface area (Å²) in [5.41, 5.74) is 1.01. The minimum absolute atomic E-state index is 0.352. The van der Waals surface area contributed by atoms with Crippen LogP contribution in [0.5, 0.6) is 11.5 Å². The molecule has 2 aromatic heterocycles. The molecule has 0 saturated carbocycles. The van der Waals surface area contributed by atoms with Crippen molar-refractivity contribution in [2.75, 3.05) is 0 Å². The maximum atomic E-state index is 11.3. The molecular weight excluding hydrogens is 208 g/mol. The quantitative estimate of drug-likeness (QED) is 0.628. The minimum atomic E-state index is -0.777. The third-order valence-corrected chi connectivity index (χ3v) is 2.15. The van der Waals surface area contributed by atoms with E-state index >= 15 is 0 Å². The average Bonchev–Trinajstić information content (AvgIpc) is 2.44. The Kier molecular flexibility index (Phi) is 1.83. The first-order valence-electron chi connectivity index (χ1n) is 4.64. The number of aromatic nitrogens is 2. The standard InChI is InChI=1S/C11H6N2O3/c14-11-15-7-3-1-5-12-9(7)10-8(16-11)4-2-6-13-10/h1-6H. The number of hydrogen-bond donors (Lipinski definition) is 0. The van der Waals surface area contributed by atoms with Gasteiger partial charge >= 0.3 is 6.16 Å². The summed E-state index contributed by atoms with van der Waals surface area (Å²) in [6.45, 7) is 0. The first-order valence-corrected chi connectivity index (χ1v) is 4.64. The van der Waals surface area contributed by atoms with Crippen LogP contribution < -0.4 is 9.47 Å². The molecule has 3 heterocycles. The summed E-state index contributed by atoms with van der Waals surface area (Å²) in [5.74, 6) is 0.704. The molecular formula is C11H6N2O3. The molecule has 78 valence electrons. The molecule has 0 N–H and O–H groups in total. The van der Waals surface area contributed by atoms with E-state index in [0.29, 0.717) is 22.9 Å². The normalized spacial score (nSPS) is 12.9. The number of rotatable bonds is 0. The number of hydrogen-bond acceptors (Lipinski definition) is 5. The van der Waals surface area contributed by atoms with E-state index in [9.17, 15) is 4.79 Å². The van der Waals surface area contributed by atoms with Crippen molar-refractivity contribution in [3.05, 3.63) is 36.7 Å². The highest BCUT2D eigenvalue weighted by atomic mass is 16.7. The maximum Gasteiger partial charge on any atom is 0.519 e. The van der Waals surface area contributed by atoms with Crippen LogP contribution in [0.4, 0.5) is 4.79 Å². The van der Waals surface area contributed by atoms with Crippen molar-refractivity contribution in [3.63, 3.8) is 0 Å². The highest BCUT2D eigenvalue weighted by Gasteiger charge is 2.23. The van der Waals surface area contributed by atoms with Crippen molar-refractivity contribution >= 4 is 6.16 Å². The van der Waals surface area contributed by atoms with E-state index < -0.39 is 6.16 Å². The van der Waals surface area contributed by atoms with Gasteiger partial charge in [-0.05, 0) is 24.3 Å². The molecule has 1 aliphatic heterocycles. The highest BCUT2D eigenvalue weighted by molar-refractivity contribution is 5.79. The molecule has 16 heavy (non-hydrogen) atoms. The number of pyridine rings is 2. The van der Waals surface area contributed by atoms with Gasteiger partial charge < -0.3 is 9.47 Å². The van der Waals surface area contributed by atoms with Gasteiger partial charge in [0.1, 0.15) is 11.4 Å². The Balaban J connectivity index is 2.30. The molecule has 0 aliphatic carbocycles. The van der Waals surface area contributed by atoms with Gasteiger partial charge in [0.05, 0.1) is 0 Å². The molecule has 0 amide bonds. The van der Waals surface area contributed by atoms with Crippen LogP contribution in [0.1, 0.15) is 0 Å². The van der Waals surface area contributed by atoms with Crippen LogP contribution in [0.25, 0.3) is 11.4 Å². The Morgan fingerprint density at radius 1 is 0.875 bits per heavy atom. The SMILES string of the molecule is O=C1Oc2cccnc2-c2ncccc2O1. The van der Waals surface area contributed by atoms with E-state index in [4.69, 9.17) is 9.47 Å². The third kappa shape index (κ3) is 1.30. The van der Waals surface area contributed by atoms with Crippen LogP contribution >= 0.6 is 0 Å². The lowest BCUT2D eigenvalue weighted by molar-refractivity contribution is 0.153. The van der Waals surface area contributed by atoms with E-state index in [2.05, 4.69) is 9.97 Å². The Hall–Kier alpha value is -2.43. The topological polar surface area (TPSA) is 61.3 Å². The van der Waals surface area contributed by atoms with Crippen LogP contribution in [-0.2, 0) is 0 Å². The van der Waals surface area contributed by atoms with E-state index in [1.165, 1.54) is 0 Å². The van der Waals surface area contributed by atoms with Gasteiger partial charge in [0.25, 0.3) is 0 Å². The molecule has 3 rings (SSSR count). The zero-order valence-electron chi connectivity index (χ0n) is 8.08. The summed E-state index contributed by atoms with van der Waals surface area (Å²) >= 11 is 0. The van der Waals surface area contributed by atoms with Gasteiger partial charge in [-0.1, -0.05) is 0 Å². The van der Waals surface area contributed by atoms with Gasteiger partial charge in [-0.2, -0.15) is 0 Å². The molecule has 5 heteroatoms. The van der Waals surface area contributed by atoms with Crippen LogP contribution in [0.2, 0.25) is 0 Å². The van der Waals surface area contributed by atoms with Crippen molar-refractivity contribution < 1.29 is 14.3 Å². The molecule has 1 aliphatic rings. The summed E-state index contributed by atoms with van der Waals surface area (Å²) in [7, 11) is 0. The largest absolute Gasteiger partial charge is 0.519 e. The van der Waals surface area contributed by atoms with Crippen LogP contribution in [0, 0.1) is 0 Å². The lowest BCUT2D eigenvalue weighted by Crippen LogP contribution is -2.12. The van der Waals surface area contributed by atoms with E-state index in [-0.39, 0.29) is 0 Å². The molecule has 0 radical (unpaired) electrons. The van der Waals surface area contributed by atoms with Gasteiger partial charge in [0, 0.05) is 12.4 Å². The van der Waals surface area contributed by atoms with Crippen LogP contribution in [-0.4, -0.2) is 16.1 Å².